The number of aromatic nitrogens is 2. The molecule has 1 atom stereocenters. The molecule has 0 aliphatic rings. The van der Waals surface area contributed by atoms with Gasteiger partial charge in [0.1, 0.15) is 0 Å². The molecule has 2 heterocycles. The van der Waals surface area contributed by atoms with Crippen molar-refractivity contribution >= 4 is 90.8 Å². The Labute approximate surface area is 195 Å². The van der Waals surface area contributed by atoms with Crippen molar-refractivity contribution < 1.29 is 4.79 Å². The van der Waals surface area contributed by atoms with Crippen LogP contribution in [0.4, 0.5) is 10.8 Å². The van der Waals surface area contributed by atoms with Crippen LogP contribution in [0.25, 0.3) is 10.2 Å². The summed E-state index contributed by atoms with van der Waals surface area (Å²) in [6.07, 6.45) is 3.37. The number of hydrogen-bond donors (Lipinski definition) is 1. The van der Waals surface area contributed by atoms with Crippen molar-refractivity contribution in [1.29, 1.82) is 0 Å². The van der Waals surface area contributed by atoms with Gasteiger partial charge in [-0.05, 0) is 37.3 Å². The van der Waals surface area contributed by atoms with E-state index in [1.165, 1.54) is 34.4 Å². The maximum Gasteiger partial charge on any atom is 0.239 e. The topological polar surface area (TPSA) is 67.2 Å². The molecule has 2 aromatic heterocycles. The number of benzene rings is 2. The van der Waals surface area contributed by atoms with Crippen LogP contribution in [-0.2, 0) is 4.79 Å². The van der Waals surface area contributed by atoms with E-state index in [1.54, 1.807) is 24.5 Å². The van der Waals surface area contributed by atoms with Crippen LogP contribution < -0.4 is 5.32 Å². The van der Waals surface area contributed by atoms with Gasteiger partial charge in [-0.1, -0.05) is 41.0 Å². The molecule has 4 rings (SSSR count). The van der Waals surface area contributed by atoms with E-state index in [9.17, 15) is 4.79 Å². The SMILES string of the molecule is CC(Sc1nc2ccc(N=Cc3ccc(Cl)cc3Cl)cc2s1)C(=O)Nc1nccs1. The highest BCUT2D eigenvalue weighted by Gasteiger charge is 2.18. The van der Waals surface area contributed by atoms with Gasteiger partial charge < -0.3 is 5.32 Å². The van der Waals surface area contributed by atoms with E-state index in [4.69, 9.17) is 23.2 Å². The number of rotatable bonds is 6. The predicted molar refractivity (Wildman–Crippen MR) is 129 cm³/mol. The van der Waals surface area contributed by atoms with Crippen LogP contribution in [0.3, 0.4) is 0 Å². The first kappa shape index (κ1) is 21.3. The number of anilines is 1. The van der Waals surface area contributed by atoms with Crippen LogP contribution in [0, 0.1) is 0 Å². The Morgan fingerprint density at radius 1 is 1.27 bits per heavy atom. The number of nitrogens with zero attached hydrogens (tertiary/aromatic N) is 3. The fourth-order valence-electron chi connectivity index (χ4n) is 2.47. The molecular formula is C20H14Cl2N4OS3. The first-order chi connectivity index (χ1) is 14.5. The van der Waals surface area contributed by atoms with Gasteiger partial charge in [-0.25, -0.2) is 9.97 Å². The van der Waals surface area contributed by atoms with E-state index in [0.717, 1.165) is 25.8 Å². The van der Waals surface area contributed by atoms with Crippen molar-refractivity contribution in [2.75, 3.05) is 5.32 Å². The van der Waals surface area contributed by atoms with Crippen LogP contribution in [0.15, 0.2) is 57.3 Å². The van der Waals surface area contributed by atoms with Gasteiger partial charge in [0.05, 0.1) is 26.2 Å². The average Bonchev–Trinajstić information content (AvgIpc) is 3.36. The molecule has 0 aliphatic heterocycles. The molecule has 5 nitrogen and oxygen atoms in total. The zero-order chi connectivity index (χ0) is 21.1. The summed E-state index contributed by atoms with van der Waals surface area (Å²) < 4.78 is 1.83. The van der Waals surface area contributed by atoms with E-state index < -0.39 is 0 Å². The summed E-state index contributed by atoms with van der Waals surface area (Å²) in [5.41, 5.74) is 2.46. The predicted octanol–water partition coefficient (Wildman–Crippen LogP) is 6.93. The molecule has 0 spiro atoms. The van der Waals surface area contributed by atoms with Gasteiger partial charge in [0, 0.05) is 28.4 Å². The fourth-order valence-corrected chi connectivity index (χ4v) is 5.70. The van der Waals surface area contributed by atoms with Gasteiger partial charge in [0.25, 0.3) is 0 Å². The second kappa shape index (κ2) is 9.45. The van der Waals surface area contributed by atoms with Gasteiger partial charge in [0.2, 0.25) is 5.91 Å². The second-order valence-corrected chi connectivity index (χ2v) is 10.5. The molecule has 152 valence electrons. The Bertz CT molecular complexity index is 1220. The second-order valence-electron chi connectivity index (χ2n) is 6.14. The Balaban J connectivity index is 1.46. The Hall–Kier alpha value is -1.97. The number of amides is 1. The van der Waals surface area contributed by atoms with E-state index in [1.807, 2.05) is 36.6 Å². The van der Waals surface area contributed by atoms with Crippen LogP contribution >= 0.6 is 57.6 Å². The molecule has 0 aliphatic carbocycles. The lowest BCUT2D eigenvalue weighted by atomic mass is 10.2. The number of hydrogen-bond acceptors (Lipinski definition) is 7. The number of thioether (sulfide) groups is 1. The highest BCUT2D eigenvalue weighted by Crippen LogP contribution is 2.34. The fraction of sp³-hybridized carbons (Fsp3) is 0.100. The lowest BCUT2D eigenvalue weighted by molar-refractivity contribution is -0.115. The molecule has 0 saturated heterocycles. The van der Waals surface area contributed by atoms with Gasteiger partial charge in [-0.2, -0.15) is 0 Å². The van der Waals surface area contributed by atoms with E-state index in [0.29, 0.717) is 15.2 Å². The van der Waals surface area contributed by atoms with Crippen molar-refractivity contribution in [3.63, 3.8) is 0 Å². The van der Waals surface area contributed by atoms with Crippen LogP contribution in [0.2, 0.25) is 10.0 Å². The third-order valence-electron chi connectivity index (χ3n) is 3.98. The Morgan fingerprint density at radius 3 is 2.90 bits per heavy atom. The molecule has 0 radical (unpaired) electrons. The number of halogens is 2. The van der Waals surface area contributed by atoms with Gasteiger partial charge in [-0.3, -0.25) is 9.79 Å². The highest BCUT2D eigenvalue weighted by atomic mass is 35.5. The van der Waals surface area contributed by atoms with Crippen LogP contribution in [0.1, 0.15) is 12.5 Å². The molecule has 0 fully saturated rings. The molecule has 30 heavy (non-hydrogen) atoms. The highest BCUT2D eigenvalue weighted by molar-refractivity contribution is 8.02. The first-order valence-electron chi connectivity index (χ1n) is 8.74. The van der Waals surface area contributed by atoms with Gasteiger partial charge in [0.15, 0.2) is 9.47 Å². The number of carbonyl (C=O) groups excluding carboxylic acids is 1. The first-order valence-corrected chi connectivity index (χ1v) is 12.1. The summed E-state index contributed by atoms with van der Waals surface area (Å²) in [4.78, 5) is 25.5. The molecule has 1 N–H and O–H groups in total. The molecule has 0 saturated carbocycles. The lowest BCUT2D eigenvalue weighted by Gasteiger charge is -2.07. The largest absolute Gasteiger partial charge is 0.301 e. The van der Waals surface area contributed by atoms with Crippen molar-refractivity contribution in [3.8, 4) is 0 Å². The number of nitrogens with one attached hydrogen (secondary N) is 1. The molecule has 1 amide bonds. The maximum absolute atomic E-state index is 12.3. The number of aliphatic imine (C=N–C) groups is 1. The average molecular weight is 493 g/mol. The third-order valence-corrected chi connectivity index (χ3v) is 7.44. The smallest absolute Gasteiger partial charge is 0.239 e. The minimum Gasteiger partial charge on any atom is -0.301 e. The number of fused-ring (bicyclic) bond motifs is 1. The third kappa shape index (κ3) is 5.19. The standard InChI is InChI=1S/C20H14Cl2N4OS3/c1-11(18(27)26-19-23-6-7-28-19)29-20-25-16-5-4-14(9-17(16)30-20)24-10-12-2-3-13(21)8-15(12)22/h2-11H,1H3,(H,23,26,27). The number of thiazole rings is 2. The number of carbonyl (C=O) groups is 1. The van der Waals surface area contributed by atoms with Crippen LogP contribution in [0.5, 0.6) is 0 Å². The van der Waals surface area contributed by atoms with E-state index in [-0.39, 0.29) is 11.2 Å². The summed E-state index contributed by atoms with van der Waals surface area (Å²) >= 11 is 16.5. The van der Waals surface area contributed by atoms with Gasteiger partial charge >= 0.3 is 0 Å². The van der Waals surface area contributed by atoms with Crippen LogP contribution in [-0.4, -0.2) is 27.3 Å². The zero-order valence-electron chi connectivity index (χ0n) is 15.5. The van der Waals surface area contributed by atoms with E-state index in [2.05, 4.69) is 20.3 Å². The summed E-state index contributed by atoms with van der Waals surface area (Å²) in [5, 5.41) is 6.07. The monoisotopic (exact) mass is 492 g/mol. The molecular weight excluding hydrogens is 479 g/mol. The Morgan fingerprint density at radius 2 is 2.13 bits per heavy atom. The quantitative estimate of drug-likeness (QED) is 0.234. The summed E-state index contributed by atoms with van der Waals surface area (Å²) in [6, 6.07) is 11.1. The summed E-state index contributed by atoms with van der Waals surface area (Å²) in [5.74, 6) is -0.0978. The zero-order valence-corrected chi connectivity index (χ0v) is 19.5. The van der Waals surface area contributed by atoms with Crippen molar-refractivity contribution in [3.05, 3.63) is 63.6 Å². The normalized spacial score (nSPS) is 12.5. The molecule has 0 bridgehead atoms. The van der Waals surface area contributed by atoms with Gasteiger partial charge in [-0.15, -0.1) is 22.7 Å². The summed E-state index contributed by atoms with van der Waals surface area (Å²) in [6.45, 7) is 1.85. The minimum absolute atomic E-state index is 0.0978. The van der Waals surface area contributed by atoms with Crippen molar-refractivity contribution in [2.24, 2.45) is 4.99 Å². The summed E-state index contributed by atoms with van der Waals surface area (Å²) in [7, 11) is 0. The van der Waals surface area contributed by atoms with Crippen molar-refractivity contribution in [2.45, 2.75) is 16.5 Å². The molecule has 4 aromatic rings. The Kier molecular flexibility index (Phi) is 6.70. The van der Waals surface area contributed by atoms with E-state index >= 15 is 0 Å². The maximum atomic E-state index is 12.3. The molecule has 1 unspecified atom stereocenters. The van der Waals surface area contributed by atoms with Crippen molar-refractivity contribution in [1.82, 2.24) is 9.97 Å². The minimum atomic E-state index is -0.293. The molecule has 2 aromatic carbocycles. The molecule has 10 heteroatoms. The lowest BCUT2D eigenvalue weighted by Crippen LogP contribution is -2.22.